The first-order valence-corrected chi connectivity index (χ1v) is 6.63. The Kier molecular flexibility index (Phi) is 4.72. The van der Waals surface area contributed by atoms with Crippen molar-refractivity contribution in [2.24, 2.45) is 5.92 Å². The van der Waals surface area contributed by atoms with E-state index in [0.29, 0.717) is 5.92 Å². The Morgan fingerprint density at radius 2 is 2.17 bits per heavy atom. The van der Waals surface area contributed by atoms with Gasteiger partial charge in [-0.2, -0.15) is 0 Å². The maximum Gasteiger partial charge on any atom is 0.127 e. The van der Waals surface area contributed by atoms with Gasteiger partial charge >= 0.3 is 0 Å². The van der Waals surface area contributed by atoms with Gasteiger partial charge < -0.3 is 14.2 Å². The van der Waals surface area contributed by atoms with Crippen molar-refractivity contribution in [3.8, 4) is 11.5 Å². The van der Waals surface area contributed by atoms with E-state index >= 15 is 0 Å². The highest BCUT2D eigenvalue weighted by molar-refractivity contribution is 6.21. The highest BCUT2D eigenvalue weighted by atomic mass is 35.5. The Hall–Kier alpha value is -0.930. The van der Waals surface area contributed by atoms with E-state index in [1.54, 1.807) is 14.2 Å². The second-order valence-electron chi connectivity index (χ2n) is 4.49. The van der Waals surface area contributed by atoms with E-state index in [-0.39, 0.29) is 5.38 Å². The quantitative estimate of drug-likeness (QED) is 0.785. The van der Waals surface area contributed by atoms with Gasteiger partial charge in [0.1, 0.15) is 11.5 Å². The minimum Gasteiger partial charge on any atom is -0.497 e. The van der Waals surface area contributed by atoms with Crippen LogP contribution in [0.2, 0.25) is 0 Å². The molecule has 0 aliphatic carbocycles. The molecule has 18 heavy (non-hydrogen) atoms. The molecule has 0 spiro atoms. The normalized spacial score (nSPS) is 21.4. The number of ether oxygens (including phenoxy) is 3. The van der Waals surface area contributed by atoms with E-state index in [1.807, 2.05) is 18.2 Å². The summed E-state index contributed by atoms with van der Waals surface area (Å²) in [6, 6.07) is 5.76. The number of methoxy groups -OCH3 is 2. The Bertz CT molecular complexity index is 389. The van der Waals surface area contributed by atoms with Crippen molar-refractivity contribution in [3.05, 3.63) is 23.8 Å². The summed E-state index contributed by atoms with van der Waals surface area (Å²) in [7, 11) is 3.29. The van der Waals surface area contributed by atoms with Crippen LogP contribution >= 0.6 is 11.6 Å². The number of alkyl halides is 1. The van der Waals surface area contributed by atoms with Crippen LogP contribution in [0.4, 0.5) is 0 Å². The van der Waals surface area contributed by atoms with Crippen LogP contribution in [-0.2, 0) is 4.74 Å². The maximum absolute atomic E-state index is 6.56. The zero-order valence-corrected chi connectivity index (χ0v) is 11.6. The molecule has 0 radical (unpaired) electrons. The number of halogens is 1. The molecule has 0 amide bonds. The van der Waals surface area contributed by atoms with E-state index in [2.05, 4.69) is 0 Å². The average Bonchev–Trinajstić information content (AvgIpc) is 2.46. The molecule has 1 fully saturated rings. The van der Waals surface area contributed by atoms with Crippen LogP contribution in [-0.4, -0.2) is 27.4 Å². The summed E-state index contributed by atoms with van der Waals surface area (Å²) in [6.45, 7) is 1.57. The fraction of sp³-hybridized carbons (Fsp3) is 0.571. The lowest BCUT2D eigenvalue weighted by Crippen LogP contribution is -2.21. The number of rotatable bonds is 4. The second kappa shape index (κ2) is 6.30. The summed E-state index contributed by atoms with van der Waals surface area (Å²) in [5.41, 5.74) is 1.01. The molecule has 1 saturated heterocycles. The third-order valence-electron chi connectivity index (χ3n) is 3.35. The molecule has 1 aliphatic heterocycles. The minimum atomic E-state index is -0.0776. The van der Waals surface area contributed by atoms with Crippen molar-refractivity contribution < 1.29 is 14.2 Å². The topological polar surface area (TPSA) is 27.7 Å². The second-order valence-corrected chi connectivity index (χ2v) is 4.96. The molecular weight excluding hydrogens is 252 g/mol. The van der Waals surface area contributed by atoms with Crippen molar-refractivity contribution in [3.63, 3.8) is 0 Å². The Morgan fingerprint density at radius 3 is 2.78 bits per heavy atom. The first-order chi connectivity index (χ1) is 8.76. The van der Waals surface area contributed by atoms with Crippen LogP contribution < -0.4 is 9.47 Å². The van der Waals surface area contributed by atoms with Gasteiger partial charge in [-0.3, -0.25) is 0 Å². The van der Waals surface area contributed by atoms with Gasteiger partial charge in [-0.15, -0.1) is 11.6 Å². The highest BCUT2D eigenvalue weighted by Gasteiger charge is 2.26. The van der Waals surface area contributed by atoms with Crippen molar-refractivity contribution in [1.29, 1.82) is 0 Å². The lowest BCUT2D eigenvalue weighted by atomic mass is 9.93. The van der Waals surface area contributed by atoms with Crippen molar-refractivity contribution in [1.82, 2.24) is 0 Å². The van der Waals surface area contributed by atoms with E-state index in [9.17, 15) is 0 Å². The van der Waals surface area contributed by atoms with Gasteiger partial charge in [0.05, 0.1) is 26.2 Å². The van der Waals surface area contributed by atoms with E-state index < -0.39 is 0 Å². The molecule has 0 saturated carbocycles. The van der Waals surface area contributed by atoms with Gasteiger partial charge in [0.2, 0.25) is 0 Å². The van der Waals surface area contributed by atoms with Crippen LogP contribution in [0, 0.1) is 5.92 Å². The minimum absolute atomic E-state index is 0.0776. The van der Waals surface area contributed by atoms with Crippen molar-refractivity contribution >= 4 is 11.6 Å². The van der Waals surface area contributed by atoms with Crippen LogP contribution in [0.25, 0.3) is 0 Å². The third kappa shape index (κ3) is 2.90. The fourth-order valence-electron chi connectivity index (χ4n) is 2.30. The van der Waals surface area contributed by atoms with Gasteiger partial charge in [0, 0.05) is 24.2 Å². The average molecular weight is 271 g/mol. The van der Waals surface area contributed by atoms with Crippen LogP contribution in [0.15, 0.2) is 18.2 Å². The predicted octanol–water partition coefficient (Wildman–Crippen LogP) is 3.41. The standard InChI is InChI=1S/C14H19ClO3/c1-16-11-5-6-12(13(8-11)17-2)14(15)10-4-3-7-18-9-10/h5-6,8,10,14H,3-4,7,9H2,1-2H3. The molecule has 1 aromatic carbocycles. The summed E-state index contributed by atoms with van der Waals surface area (Å²) >= 11 is 6.56. The van der Waals surface area contributed by atoms with Crippen LogP contribution in [0.3, 0.4) is 0 Å². The largest absolute Gasteiger partial charge is 0.497 e. The zero-order chi connectivity index (χ0) is 13.0. The molecule has 1 aliphatic rings. The molecule has 2 atom stereocenters. The first-order valence-electron chi connectivity index (χ1n) is 6.20. The lowest BCUT2D eigenvalue weighted by Gasteiger charge is -2.27. The lowest BCUT2D eigenvalue weighted by molar-refractivity contribution is 0.0529. The number of benzene rings is 1. The fourth-order valence-corrected chi connectivity index (χ4v) is 2.68. The summed E-state index contributed by atoms with van der Waals surface area (Å²) in [4.78, 5) is 0. The third-order valence-corrected chi connectivity index (χ3v) is 3.94. The number of hydrogen-bond acceptors (Lipinski definition) is 3. The zero-order valence-electron chi connectivity index (χ0n) is 10.8. The smallest absolute Gasteiger partial charge is 0.127 e. The monoisotopic (exact) mass is 270 g/mol. The summed E-state index contributed by atoms with van der Waals surface area (Å²) in [6.07, 6.45) is 2.18. The Labute approximate surface area is 113 Å². The van der Waals surface area contributed by atoms with Gasteiger partial charge in [0.15, 0.2) is 0 Å². The van der Waals surface area contributed by atoms with Gasteiger partial charge in [-0.25, -0.2) is 0 Å². The Morgan fingerprint density at radius 1 is 1.33 bits per heavy atom. The molecule has 0 aromatic heterocycles. The molecule has 3 nitrogen and oxygen atoms in total. The van der Waals surface area contributed by atoms with Crippen LogP contribution in [0.1, 0.15) is 23.8 Å². The van der Waals surface area contributed by atoms with Gasteiger partial charge in [-0.1, -0.05) is 6.07 Å². The van der Waals surface area contributed by atoms with Gasteiger partial charge in [0.25, 0.3) is 0 Å². The number of hydrogen-bond donors (Lipinski definition) is 0. The van der Waals surface area contributed by atoms with Crippen LogP contribution in [0.5, 0.6) is 11.5 Å². The maximum atomic E-state index is 6.56. The molecule has 1 aromatic rings. The molecule has 2 rings (SSSR count). The predicted molar refractivity (Wildman–Crippen MR) is 71.7 cm³/mol. The molecule has 100 valence electrons. The van der Waals surface area contributed by atoms with Gasteiger partial charge in [-0.05, 0) is 18.9 Å². The molecule has 2 unspecified atom stereocenters. The summed E-state index contributed by atoms with van der Waals surface area (Å²) in [5, 5.41) is -0.0776. The SMILES string of the molecule is COc1ccc(C(Cl)C2CCCOC2)c(OC)c1. The van der Waals surface area contributed by atoms with E-state index in [0.717, 1.165) is 43.1 Å². The Balaban J connectivity index is 2.20. The van der Waals surface area contributed by atoms with E-state index in [1.165, 1.54) is 0 Å². The van der Waals surface area contributed by atoms with E-state index in [4.69, 9.17) is 25.8 Å². The molecular formula is C14H19ClO3. The molecule has 0 bridgehead atoms. The van der Waals surface area contributed by atoms with Crippen molar-refractivity contribution in [2.45, 2.75) is 18.2 Å². The highest BCUT2D eigenvalue weighted by Crippen LogP contribution is 2.40. The first kappa shape index (κ1) is 13.5. The molecule has 1 heterocycles. The van der Waals surface area contributed by atoms with Crippen molar-refractivity contribution in [2.75, 3.05) is 27.4 Å². The summed E-state index contributed by atoms with van der Waals surface area (Å²) < 4.78 is 16.1. The molecule has 4 heteroatoms. The molecule has 0 N–H and O–H groups in total. The summed E-state index contributed by atoms with van der Waals surface area (Å²) in [5.74, 6) is 1.90.